The Kier molecular flexibility index (Phi) is 2.53. The maximum absolute atomic E-state index is 5.85. The molecule has 0 unspecified atom stereocenters. The first-order valence-corrected chi connectivity index (χ1v) is 6.22. The summed E-state index contributed by atoms with van der Waals surface area (Å²) in [7, 11) is 0. The maximum Gasteiger partial charge on any atom is 0.0514 e. The van der Waals surface area contributed by atoms with Crippen molar-refractivity contribution in [2.45, 2.75) is 10.2 Å². The zero-order chi connectivity index (χ0) is 9.42. The van der Waals surface area contributed by atoms with Gasteiger partial charge in [0.05, 0.1) is 5.69 Å². The van der Waals surface area contributed by atoms with Crippen molar-refractivity contribution in [2.75, 3.05) is 5.73 Å². The summed E-state index contributed by atoms with van der Waals surface area (Å²) in [5.74, 6) is 0. The van der Waals surface area contributed by atoms with Crippen LogP contribution in [0.15, 0.2) is 22.4 Å². The number of hydrogen-bond acceptors (Lipinski definition) is 3. The topological polar surface area (TPSA) is 26.0 Å². The lowest BCUT2D eigenvalue weighted by molar-refractivity contribution is 1.46. The molecule has 1 aromatic carbocycles. The van der Waals surface area contributed by atoms with Crippen molar-refractivity contribution in [2.24, 2.45) is 0 Å². The van der Waals surface area contributed by atoms with Gasteiger partial charge in [0, 0.05) is 25.7 Å². The highest BCUT2D eigenvalue weighted by molar-refractivity contribution is 9.08. The van der Waals surface area contributed by atoms with E-state index in [2.05, 4.69) is 34.6 Å². The van der Waals surface area contributed by atoms with Gasteiger partial charge in [-0.3, -0.25) is 0 Å². The lowest BCUT2D eigenvalue weighted by Crippen LogP contribution is -1.84. The molecule has 0 aliphatic carbocycles. The van der Waals surface area contributed by atoms with E-state index < -0.39 is 0 Å². The van der Waals surface area contributed by atoms with Crippen LogP contribution in [0.1, 0.15) is 5.56 Å². The highest BCUT2D eigenvalue weighted by atomic mass is 79.9. The molecule has 0 saturated carbocycles. The van der Waals surface area contributed by atoms with Gasteiger partial charge in [-0.2, -0.15) is 0 Å². The number of hydrogen-bond donors (Lipinski definition) is 2. The van der Waals surface area contributed by atoms with Crippen LogP contribution in [0.25, 0.3) is 10.1 Å². The standard InChI is InChI=1S/C9H8BrNS2/c10-3-5-1-2-7(12)8-6(11)4-13-9(5)8/h1-2,4,12H,3,11H2. The van der Waals surface area contributed by atoms with Gasteiger partial charge in [0.25, 0.3) is 0 Å². The van der Waals surface area contributed by atoms with Crippen molar-refractivity contribution in [3.05, 3.63) is 23.1 Å². The Labute approximate surface area is 94.5 Å². The van der Waals surface area contributed by atoms with Gasteiger partial charge in [-0.05, 0) is 11.6 Å². The van der Waals surface area contributed by atoms with Crippen LogP contribution >= 0.6 is 39.9 Å². The molecule has 0 atom stereocenters. The molecule has 0 fully saturated rings. The molecule has 2 N–H and O–H groups in total. The van der Waals surface area contributed by atoms with Gasteiger partial charge in [-0.25, -0.2) is 0 Å². The molecular formula is C9H8BrNS2. The zero-order valence-electron chi connectivity index (χ0n) is 6.75. The second kappa shape index (κ2) is 3.52. The van der Waals surface area contributed by atoms with Crippen LogP contribution in [0, 0.1) is 0 Å². The van der Waals surface area contributed by atoms with Crippen molar-refractivity contribution >= 4 is 55.7 Å². The van der Waals surface area contributed by atoms with Crippen LogP contribution in [0.4, 0.5) is 5.69 Å². The number of alkyl halides is 1. The third-order valence-corrected chi connectivity index (χ3v) is 4.00. The van der Waals surface area contributed by atoms with Gasteiger partial charge in [-0.15, -0.1) is 24.0 Å². The van der Waals surface area contributed by atoms with Crippen molar-refractivity contribution in [3.63, 3.8) is 0 Å². The highest BCUT2D eigenvalue weighted by Gasteiger charge is 2.07. The van der Waals surface area contributed by atoms with Gasteiger partial charge in [0.2, 0.25) is 0 Å². The number of rotatable bonds is 1. The zero-order valence-corrected chi connectivity index (χ0v) is 10.0. The molecule has 68 valence electrons. The minimum atomic E-state index is 0.827. The predicted molar refractivity (Wildman–Crippen MR) is 66.1 cm³/mol. The van der Waals surface area contributed by atoms with E-state index in [0.717, 1.165) is 21.3 Å². The quantitative estimate of drug-likeness (QED) is 0.602. The van der Waals surface area contributed by atoms with E-state index in [1.807, 2.05) is 11.4 Å². The third kappa shape index (κ3) is 1.47. The van der Waals surface area contributed by atoms with Crippen LogP contribution in [0.5, 0.6) is 0 Å². The summed E-state index contributed by atoms with van der Waals surface area (Å²) in [4.78, 5) is 0.957. The molecule has 0 spiro atoms. The molecule has 0 aliphatic heterocycles. The number of halogens is 1. The number of thiol groups is 1. The summed E-state index contributed by atoms with van der Waals surface area (Å²) >= 11 is 9.51. The maximum atomic E-state index is 5.85. The number of fused-ring (bicyclic) bond motifs is 1. The average molecular weight is 274 g/mol. The number of thiophene rings is 1. The minimum absolute atomic E-state index is 0.827. The van der Waals surface area contributed by atoms with Gasteiger partial charge >= 0.3 is 0 Å². The molecular weight excluding hydrogens is 266 g/mol. The fourth-order valence-electron chi connectivity index (χ4n) is 1.32. The average Bonchev–Trinajstić information content (AvgIpc) is 2.50. The van der Waals surface area contributed by atoms with Crippen molar-refractivity contribution in [3.8, 4) is 0 Å². The van der Waals surface area contributed by atoms with E-state index in [4.69, 9.17) is 5.73 Å². The fourth-order valence-corrected chi connectivity index (χ4v) is 3.36. The molecule has 13 heavy (non-hydrogen) atoms. The Morgan fingerprint density at radius 2 is 2.23 bits per heavy atom. The Hall–Kier alpha value is -0.190. The van der Waals surface area contributed by atoms with E-state index in [9.17, 15) is 0 Å². The van der Waals surface area contributed by atoms with Gasteiger partial charge in [-0.1, -0.05) is 22.0 Å². The van der Waals surface area contributed by atoms with E-state index in [1.54, 1.807) is 11.3 Å². The summed E-state index contributed by atoms with van der Waals surface area (Å²) in [5.41, 5.74) is 7.95. The number of anilines is 1. The molecule has 2 rings (SSSR count). The van der Waals surface area contributed by atoms with Crippen LogP contribution in [0.2, 0.25) is 0 Å². The summed E-state index contributed by atoms with van der Waals surface area (Å²) in [6.45, 7) is 0. The fraction of sp³-hybridized carbons (Fsp3) is 0.111. The number of benzene rings is 1. The molecule has 0 amide bonds. The Bertz CT molecular complexity index is 450. The van der Waals surface area contributed by atoms with Crippen molar-refractivity contribution < 1.29 is 0 Å². The van der Waals surface area contributed by atoms with Crippen LogP contribution in [-0.2, 0) is 5.33 Å². The lowest BCUT2D eigenvalue weighted by Gasteiger charge is -2.01. The first-order valence-electron chi connectivity index (χ1n) is 3.77. The van der Waals surface area contributed by atoms with Gasteiger partial charge in [0.1, 0.15) is 0 Å². The van der Waals surface area contributed by atoms with E-state index in [0.29, 0.717) is 0 Å². The van der Waals surface area contributed by atoms with Gasteiger partial charge in [0.15, 0.2) is 0 Å². The molecule has 1 aromatic heterocycles. The highest BCUT2D eigenvalue weighted by Crippen LogP contribution is 2.36. The second-order valence-corrected chi connectivity index (χ2v) is 4.69. The predicted octanol–water partition coefficient (Wildman–Crippen LogP) is 3.67. The third-order valence-electron chi connectivity index (χ3n) is 1.95. The smallest absolute Gasteiger partial charge is 0.0514 e. The second-order valence-electron chi connectivity index (χ2n) is 2.77. The summed E-state index contributed by atoms with van der Waals surface area (Å²) in [5, 5.41) is 3.92. The van der Waals surface area contributed by atoms with Crippen molar-refractivity contribution in [1.29, 1.82) is 0 Å². The summed E-state index contributed by atoms with van der Waals surface area (Å²) < 4.78 is 1.24. The molecule has 4 heteroatoms. The monoisotopic (exact) mass is 273 g/mol. The summed E-state index contributed by atoms with van der Waals surface area (Å²) in [6.07, 6.45) is 0. The molecule has 2 aromatic rings. The molecule has 0 saturated heterocycles. The normalized spacial score (nSPS) is 10.9. The Morgan fingerprint density at radius 1 is 1.46 bits per heavy atom. The SMILES string of the molecule is Nc1csc2c(CBr)ccc(S)c12. The number of nitrogen functional groups attached to an aromatic ring is 1. The van der Waals surface area contributed by atoms with E-state index in [-0.39, 0.29) is 0 Å². The van der Waals surface area contributed by atoms with E-state index in [1.165, 1.54) is 10.3 Å². The van der Waals surface area contributed by atoms with Crippen LogP contribution in [-0.4, -0.2) is 0 Å². The first kappa shape index (κ1) is 9.37. The van der Waals surface area contributed by atoms with Crippen molar-refractivity contribution in [1.82, 2.24) is 0 Å². The Morgan fingerprint density at radius 3 is 2.92 bits per heavy atom. The Balaban J connectivity index is 2.87. The lowest BCUT2D eigenvalue weighted by atomic mass is 10.2. The van der Waals surface area contributed by atoms with Gasteiger partial charge < -0.3 is 5.73 Å². The van der Waals surface area contributed by atoms with Crippen LogP contribution < -0.4 is 5.73 Å². The summed E-state index contributed by atoms with van der Waals surface area (Å²) in [6, 6.07) is 4.07. The minimum Gasteiger partial charge on any atom is -0.398 e. The molecule has 1 nitrogen and oxygen atoms in total. The number of nitrogens with two attached hydrogens (primary N) is 1. The van der Waals surface area contributed by atoms with E-state index >= 15 is 0 Å². The van der Waals surface area contributed by atoms with Crippen LogP contribution in [0.3, 0.4) is 0 Å². The largest absolute Gasteiger partial charge is 0.398 e. The molecule has 0 radical (unpaired) electrons. The molecule has 1 heterocycles. The molecule has 0 aliphatic rings. The first-order chi connectivity index (χ1) is 6.24. The molecule has 0 bridgehead atoms.